The molecule has 0 saturated heterocycles. The van der Waals surface area contributed by atoms with Gasteiger partial charge in [-0.25, -0.2) is 0 Å². The molecule has 6 amide bonds. The number of carbonyl (C=O) groups is 6. The first kappa shape index (κ1) is 24.8. The van der Waals surface area contributed by atoms with Crippen molar-refractivity contribution in [2.45, 2.75) is 45.6 Å². The Kier molecular flexibility index (Phi) is 10.8. The molecule has 1 unspecified atom stereocenters. The van der Waals surface area contributed by atoms with Crippen molar-refractivity contribution in [3.63, 3.8) is 0 Å². The zero-order valence-corrected chi connectivity index (χ0v) is 17.3. The van der Waals surface area contributed by atoms with Crippen molar-refractivity contribution < 1.29 is 28.8 Å². The van der Waals surface area contributed by atoms with Gasteiger partial charge in [0.25, 0.3) is 11.8 Å². The van der Waals surface area contributed by atoms with Crippen LogP contribution >= 0.6 is 0 Å². The van der Waals surface area contributed by atoms with Gasteiger partial charge < -0.3 is 21.3 Å². The van der Waals surface area contributed by atoms with Crippen LogP contribution in [0.1, 0.15) is 39.5 Å². The normalized spacial score (nSPS) is 13.7. The average Bonchev–Trinajstić information content (AvgIpc) is 3.02. The van der Waals surface area contributed by atoms with Crippen molar-refractivity contribution in [3.8, 4) is 0 Å². The Bertz CT molecular complexity index is 688. The first-order valence-corrected chi connectivity index (χ1v) is 9.88. The lowest BCUT2D eigenvalue weighted by atomic mass is 10.2. The third kappa shape index (κ3) is 9.30. The monoisotopic (exact) mass is 423 g/mol. The second kappa shape index (κ2) is 13.1. The first-order valence-electron chi connectivity index (χ1n) is 9.88. The molecule has 4 N–H and O–H groups in total. The van der Waals surface area contributed by atoms with Crippen molar-refractivity contribution in [2.24, 2.45) is 0 Å². The van der Waals surface area contributed by atoms with E-state index in [1.165, 1.54) is 19.1 Å². The molecule has 30 heavy (non-hydrogen) atoms. The summed E-state index contributed by atoms with van der Waals surface area (Å²) in [5, 5.41) is 9.83. The zero-order chi connectivity index (χ0) is 22.5. The number of hydrogen-bond acceptors (Lipinski definition) is 6. The molecule has 0 radical (unpaired) electrons. The van der Waals surface area contributed by atoms with E-state index in [9.17, 15) is 28.8 Å². The molecule has 11 nitrogen and oxygen atoms in total. The number of hydrogen-bond donors (Lipinski definition) is 4. The highest BCUT2D eigenvalue weighted by Gasteiger charge is 2.22. The summed E-state index contributed by atoms with van der Waals surface area (Å²) in [5.41, 5.74) is 0. The second-order valence-corrected chi connectivity index (χ2v) is 6.71. The SMILES string of the molecule is CCNC(=O)CNC(=O)C(C)NC(=O)CNC(=O)CCCCCN1C(=O)C=CC1=O. The molecule has 1 rings (SSSR count). The molecule has 1 aliphatic rings. The molecule has 0 bridgehead atoms. The van der Waals surface area contributed by atoms with Crippen molar-refractivity contribution >= 4 is 35.4 Å². The van der Waals surface area contributed by atoms with Crippen LogP contribution in [0.5, 0.6) is 0 Å². The van der Waals surface area contributed by atoms with Gasteiger partial charge in [-0.2, -0.15) is 0 Å². The van der Waals surface area contributed by atoms with Gasteiger partial charge in [0.1, 0.15) is 6.04 Å². The van der Waals surface area contributed by atoms with Crippen LogP contribution in [0.15, 0.2) is 12.2 Å². The molecule has 1 heterocycles. The van der Waals surface area contributed by atoms with E-state index in [1.54, 1.807) is 6.92 Å². The molecular weight excluding hydrogens is 394 g/mol. The van der Waals surface area contributed by atoms with Gasteiger partial charge in [-0.05, 0) is 26.7 Å². The number of likely N-dealkylation sites (N-methyl/N-ethyl adjacent to an activating group) is 1. The Balaban J connectivity index is 2.12. The topological polar surface area (TPSA) is 154 Å². The van der Waals surface area contributed by atoms with Gasteiger partial charge >= 0.3 is 0 Å². The van der Waals surface area contributed by atoms with E-state index in [1.807, 2.05) is 0 Å². The van der Waals surface area contributed by atoms with Gasteiger partial charge in [-0.15, -0.1) is 0 Å². The number of rotatable bonds is 13. The van der Waals surface area contributed by atoms with Crippen molar-refractivity contribution in [1.29, 1.82) is 0 Å². The van der Waals surface area contributed by atoms with Gasteiger partial charge in [0.05, 0.1) is 13.1 Å². The molecular formula is C19H29N5O6. The predicted octanol–water partition coefficient (Wildman–Crippen LogP) is -1.65. The van der Waals surface area contributed by atoms with Crippen LogP contribution in [0, 0.1) is 0 Å². The summed E-state index contributed by atoms with van der Waals surface area (Å²) < 4.78 is 0. The molecule has 0 fully saturated rings. The molecule has 166 valence electrons. The molecule has 0 aliphatic carbocycles. The largest absolute Gasteiger partial charge is 0.355 e. The van der Waals surface area contributed by atoms with E-state index < -0.39 is 17.9 Å². The van der Waals surface area contributed by atoms with Crippen LogP contribution in [-0.2, 0) is 28.8 Å². The highest BCUT2D eigenvalue weighted by molar-refractivity contribution is 6.12. The maximum atomic E-state index is 11.8. The third-order valence-electron chi connectivity index (χ3n) is 4.20. The summed E-state index contributed by atoms with van der Waals surface area (Å²) >= 11 is 0. The molecule has 0 aromatic rings. The molecule has 11 heteroatoms. The maximum Gasteiger partial charge on any atom is 0.253 e. The summed E-state index contributed by atoms with van der Waals surface area (Å²) in [5.74, 6) is -2.32. The summed E-state index contributed by atoms with van der Waals surface area (Å²) in [6.45, 7) is 3.55. The van der Waals surface area contributed by atoms with Gasteiger partial charge in [-0.3, -0.25) is 33.7 Å². The number of amides is 6. The zero-order valence-electron chi connectivity index (χ0n) is 17.3. The van der Waals surface area contributed by atoms with E-state index in [2.05, 4.69) is 21.3 Å². The first-order chi connectivity index (χ1) is 14.2. The van der Waals surface area contributed by atoms with Crippen LogP contribution in [0.2, 0.25) is 0 Å². The van der Waals surface area contributed by atoms with E-state index in [-0.39, 0.29) is 43.1 Å². The lowest BCUT2D eigenvalue weighted by Gasteiger charge is -2.14. The minimum absolute atomic E-state index is 0.180. The number of carbonyl (C=O) groups excluding carboxylic acids is 6. The molecule has 0 spiro atoms. The average molecular weight is 423 g/mol. The van der Waals surface area contributed by atoms with Crippen molar-refractivity contribution in [1.82, 2.24) is 26.2 Å². The fourth-order valence-electron chi connectivity index (χ4n) is 2.59. The van der Waals surface area contributed by atoms with E-state index in [0.717, 1.165) is 4.90 Å². The van der Waals surface area contributed by atoms with Crippen LogP contribution in [0.3, 0.4) is 0 Å². The molecule has 0 saturated carbocycles. The lowest BCUT2D eigenvalue weighted by Crippen LogP contribution is -2.49. The molecule has 1 atom stereocenters. The Morgan fingerprint density at radius 1 is 0.867 bits per heavy atom. The minimum atomic E-state index is -0.852. The second-order valence-electron chi connectivity index (χ2n) is 6.71. The number of imide groups is 1. The van der Waals surface area contributed by atoms with Crippen LogP contribution < -0.4 is 21.3 Å². The van der Waals surface area contributed by atoms with Crippen LogP contribution in [-0.4, -0.2) is 72.6 Å². The molecule has 0 aromatic carbocycles. The van der Waals surface area contributed by atoms with Gasteiger partial charge in [0.2, 0.25) is 23.6 Å². The number of nitrogens with one attached hydrogen (secondary N) is 4. The summed E-state index contributed by atoms with van der Waals surface area (Å²) in [6.07, 6.45) is 4.46. The van der Waals surface area contributed by atoms with Gasteiger partial charge in [0.15, 0.2) is 0 Å². The highest BCUT2D eigenvalue weighted by atomic mass is 16.2. The summed E-state index contributed by atoms with van der Waals surface area (Å²) in [6, 6.07) is -0.852. The molecule has 0 aromatic heterocycles. The van der Waals surface area contributed by atoms with E-state index in [4.69, 9.17) is 0 Å². The maximum absolute atomic E-state index is 11.8. The van der Waals surface area contributed by atoms with Crippen LogP contribution in [0.4, 0.5) is 0 Å². The van der Waals surface area contributed by atoms with Gasteiger partial charge in [0, 0.05) is 31.7 Å². The Morgan fingerprint density at radius 3 is 2.13 bits per heavy atom. The Labute approximate surface area is 175 Å². The molecule has 1 aliphatic heterocycles. The van der Waals surface area contributed by atoms with Crippen molar-refractivity contribution in [2.75, 3.05) is 26.2 Å². The quantitative estimate of drug-likeness (QED) is 0.205. The smallest absolute Gasteiger partial charge is 0.253 e. The Hall–Kier alpha value is -3.24. The fourth-order valence-corrected chi connectivity index (χ4v) is 2.59. The number of nitrogens with zero attached hydrogens (tertiary/aromatic N) is 1. The predicted molar refractivity (Wildman–Crippen MR) is 107 cm³/mol. The van der Waals surface area contributed by atoms with E-state index in [0.29, 0.717) is 32.4 Å². The third-order valence-corrected chi connectivity index (χ3v) is 4.20. The van der Waals surface area contributed by atoms with Crippen LogP contribution in [0.25, 0.3) is 0 Å². The Morgan fingerprint density at radius 2 is 1.50 bits per heavy atom. The van der Waals surface area contributed by atoms with E-state index >= 15 is 0 Å². The highest BCUT2D eigenvalue weighted by Crippen LogP contribution is 2.07. The van der Waals surface area contributed by atoms with Crippen molar-refractivity contribution in [3.05, 3.63) is 12.2 Å². The lowest BCUT2D eigenvalue weighted by molar-refractivity contribution is -0.137. The minimum Gasteiger partial charge on any atom is -0.355 e. The number of unbranched alkanes of at least 4 members (excludes halogenated alkanes) is 2. The summed E-state index contributed by atoms with van der Waals surface area (Å²) in [7, 11) is 0. The summed E-state index contributed by atoms with van der Waals surface area (Å²) in [4.78, 5) is 70.7. The standard InChI is InChI=1S/C19H29N5O6/c1-3-20-15(26)11-22-19(30)13(2)23-16(27)12-21-14(25)7-5-4-6-10-24-17(28)8-9-18(24)29/h8-9,13H,3-7,10-12H2,1-2H3,(H,20,26)(H,21,25)(H,22,30)(H,23,27). The fraction of sp³-hybridized carbons (Fsp3) is 0.579. The van der Waals surface area contributed by atoms with Gasteiger partial charge in [-0.1, -0.05) is 6.42 Å².